The average Bonchev–Trinajstić information content (AvgIpc) is 2.54. The third-order valence-electron chi connectivity index (χ3n) is 3.73. The Labute approximate surface area is 136 Å². The van der Waals surface area contributed by atoms with E-state index < -0.39 is 10.0 Å². The van der Waals surface area contributed by atoms with E-state index in [1.807, 2.05) is 56.3 Å². The summed E-state index contributed by atoms with van der Waals surface area (Å²) in [5.74, 6) is 0. The molecule has 0 bridgehead atoms. The van der Waals surface area contributed by atoms with Crippen molar-refractivity contribution in [2.24, 2.45) is 0 Å². The Morgan fingerprint density at radius 2 is 1.78 bits per heavy atom. The Hall–Kier alpha value is -2.24. The number of para-hydroxylation sites is 1. The first kappa shape index (κ1) is 15.6. The first-order valence-electron chi connectivity index (χ1n) is 7.40. The minimum atomic E-state index is -3.66. The Morgan fingerprint density at radius 3 is 2.52 bits per heavy atom. The number of rotatable bonds is 4. The molecule has 3 rings (SSSR count). The summed E-state index contributed by atoms with van der Waals surface area (Å²) in [4.78, 5) is 4.51. The lowest BCUT2D eigenvalue weighted by Gasteiger charge is -2.15. The van der Waals surface area contributed by atoms with Crippen LogP contribution in [0.25, 0.3) is 10.9 Å². The molecule has 0 spiro atoms. The van der Waals surface area contributed by atoms with Gasteiger partial charge in [-0.05, 0) is 37.1 Å². The molecule has 1 aromatic heterocycles. The molecule has 2 aromatic carbocycles. The Kier molecular flexibility index (Phi) is 4.15. The molecule has 0 aliphatic rings. The first-order chi connectivity index (χ1) is 11.0. The van der Waals surface area contributed by atoms with Gasteiger partial charge >= 0.3 is 0 Å². The first-order valence-corrected chi connectivity index (χ1v) is 8.88. The fourth-order valence-electron chi connectivity index (χ4n) is 2.57. The molecule has 0 aliphatic carbocycles. The van der Waals surface area contributed by atoms with Crippen LogP contribution < -0.4 is 4.72 Å². The van der Waals surface area contributed by atoms with E-state index in [-0.39, 0.29) is 10.9 Å². The normalized spacial score (nSPS) is 13.1. The number of aryl methyl sites for hydroxylation is 1. The van der Waals surface area contributed by atoms with Crippen LogP contribution in [0, 0.1) is 6.92 Å². The number of hydrogen-bond donors (Lipinski definition) is 1. The van der Waals surface area contributed by atoms with E-state index in [9.17, 15) is 8.42 Å². The molecule has 0 fully saturated rings. The zero-order valence-electron chi connectivity index (χ0n) is 13.0. The smallest absolute Gasteiger partial charge is 0.243 e. The second kappa shape index (κ2) is 6.10. The Balaban J connectivity index is 2.00. The van der Waals surface area contributed by atoms with Crippen LogP contribution in [0.2, 0.25) is 0 Å². The van der Waals surface area contributed by atoms with Gasteiger partial charge in [0, 0.05) is 17.6 Å². The van der Waals surface area contributed by atoms with Gasteiger partial charge in [0.1, 0.15) is 4.90 Å². The highest BCUT2D eigenvalue weighted by Crippen LogP contribution is 2.23. The molecule has 0 saturated heterocycles. The molecule has 5 heteroatoms. The monoisotopic (exact) mass is 326 g/mol. The molecule has 0 radical (unpaired) electrons. The van der Waals surface area contributed by atoms with Crippen molar-refractivity contribution in [3.8, 4) is 0 Å². The van der Waals surface area contributed by atoms with Gasteiger partial charge in [0.25, 0.3) is 0 Å². The maximum absolute atomic E-state index is 12.8. The van der Waals surface area contributed by atoms with Crippen LogP contribution >= 0.6 is 0 Å². The second-order valence-corrected chi connectivity index (χ2v) is 7.28. The van der Waals surface area contributed by atoms with Crippen molar-refractivity contribution in [1.82, 2.24) is 9.71 Å². The molecular weight excluding hydrogens is 308 g/mol. The summed E-state index contributed by atoms with van der Waals surface area (Å²) < 4.78 is 28.3. The molecule has 1 heterocycles. The zero-order valence-corrected chi connectivity index (χ0v) is 13.8. The number of sulfonamides is 1. The zero-order chi connectivity index (χ0) is 16.4. The number of fused-ring (bicyclic) bond motifs is 1. The topological polar surface area (TPSA) is 59.1 Å². The lowest BCUT2D eigenvalue weighted by molar-refractivity contribution is 0.567. The fraction of sp³-hybridized carbons (Fsp3) is 0.167. The predicted octanol–water partition coefficient (Wildman–Crippen LogP) is 3.58. The molecular formula is C18H18N2O2S. The van der Waals surface area contributed by atoms with Gasteiger partial charge in [0.2, 0.25) is 10.0 Å². The van der Waals surface area contributed by atoms with E-state index in [1.54, 1.807) is 18.3 Å². The highest BCUT2D eigenvalue weighted by atomic mass is 32.2. The fourth-order valence-corrected chi connectivity index (χ4v) is 3.98. The second-order valence-electron chi connectivity index (χ2n) is 5.59. The van der Waals surface area contributed by atoms with E-state index in [0.29, 0.717) is 5.52 Å². The van der Waals surface area contributed by atoms with Gasteiger partial charge in [-0.15, -0.1) is 0 Å². The lowest BCUT2D eigenvalue weighted by atomic mass is 10.1. The van der Waals surface area contributed by atoms with Crippen molar-refractivity contribution in [1.29, 1.82) is 0 Å². The average molecular weight is 326 g/mol. The molecule has 0 saturated carbocycles. The summed E-state index contributed by atoms with van der Waals surface area (Å²) in [7, 11) is -3.66. The number of pyridine rings is 1. The van der Waals surface area contributed by atoms with Crippen LogP contribution in [0.3, 0.4) is 0 Å². The Bertz CT molecular complexity index is 938. The number of hydrogen-bond acceptors (Lipinski definition) is 3. The van der Waals surface area contributed by atoms with Crippen LogP contribution in [0.15, 0.2) is 65.7 Å². The van der Waals surface area contributed by atoms with Crippen LogP contribution in [0.4, 0.5) is 0 Å². The number of nitrogens with one attached hydrogen (secondary N) is 1. The van der Waals surface area contributed by atoms with Crippen molar-refractivity contribution < 1.29 is 8.42 Å². The van der Waals surface area contributed by atoms with E-state index in [2.05, 4.69) is 9.71 Å². The maximum atomic E-state index is 12.8. The van der Waals surface area contributed by atoms with Gasteiger partial charge in [0.05, 0.1) is 5.52 Å². The molecule has 1 unspecified atom stereocenters. The summed E-state index contributed by atoms with van der Waals surface area (Å²) in [5, 5.41) is 0.820. The third-order valence-corrected chi connectivity index (χ3v) is 5.30. The summed E-state index contributed by atoms with van der Waals surface area (Å²) >= 11 is 0. The molecule has 1 atom stereocenters. The Morgan fingerprint density at radius 1 is 1.04 bits per heavy atom. The van der Waals surface area contributed by atoms with E-state index in [1.165, 1.54) is 0 Å². The molecule has 0 amide bonds. The molecule has 4 nitrogen and oxygen atoms in total. The van der Waals surface area contributed by atoms with Crippen molar-refractivity contribution in [3.05, 3.63) is 71.9 Å². The summed E-state index contributed by atoms with van der Waals surface area (Å²) in [6.45, 7) is 3.76. The number of nitrogens with zero attached hydrogens (tertiary/aromatic N) is 1. The van der Waals surface area contributed by atoms with Crippen LogP contribution in [0.1, 0.15) is 24.1 Å². The molecule has 118 valence electrons. The summed E-state index contributed by atoms with van der Waals surface area (Å²) in [5.41, 5.74) is 2.41. The van der Waals surface area contributed by atoms with Crippen LogP contribution in [-0.2, 0) is 10.0 Å². The largest absolute Gasteiger partial charge is 0.255 e. The summed E-state index contributed by atoms with van der Waals surface area (Å²) in [6.07, 6.45) is 1.68. The standard InChI is InChI=1S/C18H18N2O2S/c1-13-11-16-9-6-10-17(18(16)19-12-13)23(21,22)20-14(2)15-7-4-3-5-8-15/h3-12,14,20H,1-2H3. The summed E-state index contributed by atoms with van der Waals surface area (Å²) in [6, 6.07) is 16.3. The van der Waals surface area contributed by atoms with E-state index >= 15 is 0 Å². The highest BCUT2D eigenvalue weighted by Gasteiger charge is 2.21. The van der Waals surface area contributed by atoms with Crippen molar-refractivity contribution in [2.75, 3.05) is 0 Å². The molecule has 0 aliphatic heterocycles. The quantitative estimate of drug-likeness (QED) is 0.797. The lowest BCUT2D eigenvalue weighted by Crippen LogP contribution is -2.27. The highest BCUT2D eigenvalue weighted by molar-refractivity contribution is 7.89. The van der Waals surface area contributed by atoms with Crippen LogP contribution in [-0.4, -0.2) is 13.4 Å². The van der Waals surface area contributed by atoms with Gasteiger partial charge in [-0.25, -0.2) is 13.1 Å². The van der Waals surface area contributed by atoms with Gasteiger partial charge in [-0.3, -0.25) is 4.98 Å². The third kappa shape index (κ3) is 3.25. The van der Waals surface area contributed by atoms with Gasteiger partial charge in [-0.2, -0.15) is 0 Å². The van der Waals surface area contributed by atoms with E-state index in [0.717, 1.165) is 16.5 Å². The van der Waals surface area contributed by atoms with Crippen molar-refractivity contribution in [2.45, 2.75) is 24.8 Å². The SMILES string of the molecule is Cc1cnc2c(S(=O)(=O)NC(C)c3ccccc3)cccc2c1. The van der Waals surface area contributed by atoms with Crippen molar-refractivity contribution >= 4 is 20.9 Å². The maximum Gasteiger partial charge on any atom is 0.243 e. The molecule has 1 N–H and O–H groups in total. The predicted molar refractivity (Wildman–Crippen MR) is 91.7 cm³/mol. The van der Waals surface area contributed by atoms with Crippen LogP contribution in [0.5, 0.6) is 0 Å². The van der Waals surface area contributed by atoms with Gasteiger partial charge in [-0.1, -0.05) is 42.5 Å². The minimum Gasteiger partial charge on any atom is -0.255 e. The number of aromatic nitrogens is 1. The van der Waals surface area contributed by atoms with Gasteiger partial charge < -0.3 is 0 Å². The number of benzene rings is 2. The molecule has 3 aromatic rings. The minimum absolute atomic E-state index is 0.206. The molecule has 23 heavy (non-hydrogen) atoms. The van der Waals surface area contributed by atoms with E-state index in [4.69, 9.17) is 0 Å². The van der Waals surface area contributed by atoms with Gasteiger partial charge in [0.15, 0.2) is 0 Å². The van der Waals surface area contributed by atoms with Crippen molar-refractivity contribution in [3.63, 3.8) is 0 Å².